The van der Waals surface area contributed by atoms with E-state index in [1.165, 1.54) is 0 Å². The lowest BCUT2D eigenvalue weighted by atomic mass is 10.00. The molecule has 0 unspecified atom stereocenters. The van der Waals surface area contributed by atoms with E-state index in [9.17, 15) is 14.4 Å². The summed E-state index contributed by atoms with van der Waals surface area (Å²) in [6.07, 6.45) is 3.52. The number of carbonyl (C=O) groups excluding carboxylic acids is 2. The highest BCUT2D eigenvalue weighted by Crippen LogP contribution is 2.29. The number of piperidine rings is 1. The first-order chi connectivity index (χ1) is 15.1. The molecule has 2 aliphatic heterocycles. The van der Waals surface area contributed by atoms with Crippen molar-refractivity contribution in [2.24, 2.45) is 0 Å². The van der Waals surface area contributed by atoms with Crippen molar-refractivity contribution in [1.82, 2.24) is 19.8 Å². The Kier molecular flexibility index (Phi) is 6.34. The van der Waals surface area contributed by atoms with Gasteiger partial charge < -0.3 is 19.5 Å². The highest BCUT2D eigenvalue weighted by molar-refractivity contribution is 5.78. The first kappa shape index (κ1) is 21.1. The van der Waals surface area contributed by atoms with Crippen LogP contribution in [0, 0.1) is 0 Å². The molecule has 8 heteroatoms. The molecule has 1 atom stereocenters. The zero-order valence-electron chi connectivity index (χ0n) is 17.8. The molecule has 1 aromatic heterocycles. The zero-order valence-corrected chi connectivity index (χ0v) is 17.8. The number of aromatic nitrogens is 2. The third-order valence-corrected chi connectivity index (χ3v) is 5.99. The topological polar surface area (TPSA) is 95.6 Å². The van der Waals surface area contributed by atoms with E-state index in [1.54, 1.807) is 9.80 Å². The Morgan fingerprint density at radius 3 is 2.74 bits per heavy atom. The van der Waals surface area contributed by atoms with Crippen molar-refractivity contribution in [2.45, 2.75) is 51.6 Å². The highest BCUT2D eigenvalue weighted by Gasteiger charge is 2.32. The SMILES string of the molecule is CCC(=O)N1CCc2c(nc([C@H]3CCCCN3C(=O)COc3ccccc3)[nH]c2=O)C1. The Bertz CT molecular complexity index is 1000. The number of benzene rings is 1. The number of para-hydroxylation sites is 1. The van der Waals surface area contributed by atoms with Gasteiger partial charge in [0.2, 0.25) is 5.91 Å². The molecule has 0 saturated carbocycles. The number of nitrogens with one attached hydrogen (secondary N) is 1. The van der Waals surface area contributed by atoms with Crippen LogP contribution in [-0.4, -0.2) is 51.3 Å². The predicted molar refractivity (Wildman–Crippen MR) is 115 cm³/mol. The molecule has 3 heterocycles. The lowest BCUT2D eigenvalue weighted by Crippen LogP contribution is -2.43. The van der Waals surface area contributed by atoms with Crippen LogP contribution in [0.1, 0.15) is 55.7 Å². The molecular formula is C23H28N4O4. The minimum absolute atomic E-state index is 0.0572. The van der Waals surface area contributed by atoms with Gasteiger partial charge in [-0.15, -0.1) is 0 Å². The van der Waals surface area contributed by atoms with E-state index in [0.717, 1.165) is 19.3 Å². The van der Waals surface area contributed by atoms with Gasteiger partial charge in [-0.3, -0.25) is 14.4 Å². The second-order valence-corrected chi connectivity index (χ2v) is 8.00. The summed E-state index contributed by atoms with van der Waals surface area (Å²) in [6.45, 7) is 3.25. The Balaban J connectivity index is 1.54. The largest absolute Gasteiger partial charge is 0.484 e. The molecule has 4 rings (SSSR count). The molecule has 2 aliphatic rings. The smallest absolute Gasteiger partial charge is 0.261 e. The van der Waals surface area contributed by atoms with Crippen molar-refractivity contribution in [1.29, 1.82) is 0 Å². The second-order valence-electron chi connectivity index (χ2n) is 8.00. The highest BCUT2D eigenvalue weighted by atomic mass is 16.5. The van der Waals surface area contributed by atoms with Crippen LogP contribution in [0.15, 0.2) is 35.1 Å². The Labute approximate surface area is 181 Å². The Morgan fingerprint density at radius 1 is 1.16 bits per heavy atom. The normalized spacial score (nSPS) is 18.4. The van der Waals surface area contributed by atoms with Crippen molar-refractivity contribution < 1.29 is 14.3 Å². The molecule has 0 bridgehead atoms. The summed E-state index contributed by atoms with van der Waals surface area (Å²) in [5.74, 6) is 1.08. The van der Waals surface area contributed by atoms with Crippen LogP contribution in [0.3, 0.4) is 0 Å². The van der Waals surface area contributed by atoms with Crippen molar-refractivity contribution >= 4 is 11.8 Å². The first-order valence-electron chi connectivity index (χ1n) is 10.9. The summed E-state index contributed by atoms with van der Waals surface area (Å²) in [6, 6.07) is 8.94. The zero-order chi connectivity index (χ0) is 21.8. The average molecular weight is 425 g/mol. The fourth-order valence-corrected chi connectivity index (χ4v) is 4.31. The van der Waals surface area contributed by atoms with E-state index >= 15 is 0 Å². The fourth-order valence-electron chi connectivity index (χ4n) is 4.31. The number of nitrogens with zero attached hydrogens (tertiary/aromatic N) is 3. The molecule has 164 valence electrons. The van der Waals surface area contributed by atoms with Crippen LogP contribution < -0.4 is 10.3 Å². The number of ether oxygens (including phenoxy) is 1. The molecule has 2 aromatic rings. The molecule has 1 fully saturated rings. The molecule has 0 radical (unpaired) electrons. The van der Waals surface area contributed by atoms with Crippen LogP contribution >= 0.6 is 0 Å². The number of aromatic amines is 1. The fraction of sp³-hybridized carbons (Fsp3) is 0.478. The number of amides is 2. The number of likely N-dealkylation sites (tertiary alicyclic amines) is 1. The van der Waals surface area contributed by atoms with Gasteiger partial charge in [-0.1, -0.05) is 25.1 Å². The maximum atomic E-state index is 12.9. The third kappa shape index (κ3) is 4.62. The number of hydrogen-bond donors (Lipinski definition) is 1. The van der Waals surface area contributed by atoms with Crippen LogP contribution in [-0.2, 0) is 22.6 Å². The molecule has 0 spiro atoms. The van der Waals surface area contributed by atoms with Gasteiger partial charge in [0.25, 0.3) is 11.5 Å². The summed E-state index contributed by atoms with van der Waals surface area (Å²) >= 11 is 0. The Morgan fingerprint density at radius 2 is 1.97 bits per heavy atom. The molecule has 1 aromatic carbocycles. The summed E-state index contributed by atoms with van der Waals surface area (Å²) < 4.78 is 5.64. The molecule has 0 aliphatic carbocycles. The number of rotatable bonds is 5. The van der Waals surface area contributed by atoms with Gasteiger partial charge in [0.1, 0.15) is 11.6 Å². The van der Waals surface area contributed by atoms with Crippen molar-refractivity contribution in [3.63, 3.8) is 0 Å². The van der Waals surface area contributed by atoms with Crippen LogP contribution in [0.2, 0.25) is 0 Å². The van der Waals surface area contributed by atoms with E-state index in [2.05, 4.69) is 4.98 Å². The second kappa shape index (κ2) is 9.32. The third-order valence-electron chi connectivity index (χ3n) is 5.99. The maximum Gasteiger partial charge on any atom is 0.261 e. The molecule has 31 heavy (non-hydrogen) atoms. The molecule has 8 nitrogen and oxygen atoms in total. The lowest BCUT2D eigenvalue weighted by Gasteiger charge is -2.35. The van der Waals surface area contributed by atoms with E-state index < -0.39 is 0 Å². The van der Waals surface area contributed by atoms with Gasteiger partial charge in [0.05, 0.1) is 18.3 Å². The minimum atomic E-state index is -0.295. The molecule has 1 saturated heterocycles. The van der Waals surface area contributed by atoms with Gasteiger partial charge in [-0.05, 0) is 37.8 Å². The van der Waals surface area contributed by atoms with Gasteiger partial charge in [0.15, 0.2) is 6.61 Å². The van der Waals surface area contributed by atoms with Gasteiger partial charge in [0, 0.05) is 25.1 Å². The minimum Gasteiger partial charge on any atom is -0.484 e. The van der Waals surface area contributed by atoms with E-state index in [0.29, 0.717) is 55.3 Å². The summed E-state index contributed by atoms with van der Waals surface area (Å²) in [5, 5.41) is 0. The van der Waals surface area contributed by atoms with Crippen molar-refractivity contribution in [3.05, 3.63) is 57.8 Å². The molecule has 1 N–H and O–H groups in total. The van der Waals surface area contributed by atoms with Gasteiger partial charge >= 0.3 is 0 Å². The number of fused-ring (bicyclic) bond motifs is 1. The van der Waals surface area contributed by atoms with E-state index in [4.69, 9.17) is 9.72 Å². The number of carbonyl (C=O) groups is 2. The summed E-state index contributed by atoms with van der Waals surface area (Å²) in [4.78, 5) is 48.9. The predicted octanol–water partition coefficient (Wildman–Crippen LogP) is 2.20. The monoisotopic (exact) mass is 424 g/mol. The number of hydrogen-bond acceptors (Lipinski definition) is 5. The van der Waals surface area contributed by atoms with E-state index in [1.807, 2.05) is 37.3 Å². The first-order valence-corrected chi connectivity index (χ1v) is 10.9. The van der Waals surface area contributed by atoms with Crippen LogP contribution in [0.5, 0.6) is 5.75 Å². The van der Waals surface area contributed by atoms with Crippen LogP contribution in [0.25, 0.3) is 0 Å². The lowest BCUT2D eigenvalue weighted by molar-refractivity contribution is -0.137. The van der Waals surface area contributed by atoms with Gasteiger partial charge in [-0.25, -0.2) is 4.98 Å². The molecule has 2 amide bonds. The quantitative estimate of drug-likeness (QED) is 0.794. The molecular weight excluding hydrogens is 396 g/mol. The van der Waals surface area contributed by atoms with Crippen molar-refractivity contribution in [3.8, 4) is 5.75 Å². The van der Waals surface area contributed by atoms with E-state index in [-0.39, 0.29) is 30.0 Å². The summed E-state index contributed by atoms with van der Waals surface area (Å²) in [7, 11) is 0. The summed E-state index contributed by atoms with van der Waals surface area (Å²) in [5.41, 5.74) is 1.12. The Hall–Kier alpha value is -3.16. The maximum absolute atomic E-state index is 12.9. The van der Waals surface area contributed by atoms with Gasteiger partial charge in [-0.2, -0.15) is 0 Å². The number of H-pyrrole nitrogens is 1. The standard InChI is InChI=1S/C23H28N4O4/c1-2-20(28)26-13-11-17-18(14-26)24-22(25-23(17)30)19-10-6-7-12-27(19)21(29)15-31-16-8-4-3-5-9-16/h3-5,8-9,19H,2,6-7,10-15H2,1H3,(H,24,25,30)/t19-/m1/s1. The van der Waals surface area contributed by atoms with Crippen molar-refractivity contribution in [2.75, 3.05) is 19.7 Å². The van der Waals surface area contributed by atoms with Crippen LogP contribution in [0.4, 0.5) is 0 Å². The average Bonchev–Trinajstić information content (AvgIpc) is 2.82.